The molecule has 2 rings (SSSR count). The van der Waals surface area contributed by atoms with Gasteiger partial charge in [-0.3, -0.25) is 13.9 Å². The lowest BCUT2D eigenvalue weighted by Gasteiger charge is -2.33. The van der Waals surface area contributed by atoms with Gasteiger partial charge in [0.15, 0.2) is 0 Å². The van der Waals surface area contributed by atoms with Gasteiger partial charge < -0.3 is 15.0 Å². The van der Waals surface area contributed by atoms with E-state index in [0.29, 0.717) is 24.4 Å². The summed E-state index contributed by atoms with van der Waals surface area (Å²) in [4.78, 5) is 28.5. The molecule has 0 aliphatic heterocycles. The molecule has 204 valence electrons. The first kappa shape index (κ1) is 30.2. The van der Waals surface area contributed by atoms with Gasteiger partial charge in [-0.15, -0.1) is 0 Å². The van der Waals surface area contributed by atoms with E-state index in [9.17, 15) is 18.0 Å². The molecule has 2 aromatic rings. The van der Waals surface area contributed by atoms with Crippen molar-refractivity contribution in [1.82, 2.24) is 10.2 Å². The number of methoxy groups -OCH3 is 1. The third kappa shape index (κ3) is 8.49. The minimum Gasteiger partial charge on any atom is -0.497 e. The van der Waals surface area contributed by atoms with Gasteiger partial charge in [-0.2, -0.15) is 0 Å². The molecule has 8 nitrogen and oxygen atoms in total. The first-order valence-electron chi connectivity index (χ1n) is 12.7. The van der Waals surface area contributed by atoms with Gasteiger partial charge in [0.2, 0.25) is 21.8 Å². The highest BCUT2D eigenvalue weighted by atomic mass is 32.2. The van der Waals surface area contributed by atoms with E-state index >= 15 is 0 Å². The second kappa shape index (κ2) is 13.5. The smallest absolute Gasteiger partial charge is 0.244 e. The number of anilines is 1. The molecule has 2 aromatic carbocycles. The van der Waals surface area contributed by atoms with Crippen molar-refractivity contribution in [3.63, 3.8) is 0 Å². The van der Waals surface area contributed by atoms with Crippen LogP contribution in [0.5, 0.6) is 5.75 Å². The molecule has 2 amide bonds. The van der Waals surface area contributed by atoms with Crippen molar-refractivity contribution in [1.29, 1.82) is 0 Å². The minimum atomic E-state index is -3.79. The SMILES string of the molecule is CC[C@@H](C(=O)NCC(C)C)N(Cc1ccc(OC)cc1)C(=O)CN(c1ccccc1C(C)C)S(C)(=O)=O. The van der Waals surface area contributed by atoms with Crippen molar-refractivity contribution in [3.8, 4) is 5.75 Å². The fourth-order valence-electron chi connectivity index (χ4n) is 4.07. The number of sulfonamides is 1. The number of para-hydroxylation sites is 1. The Kier molecular flexibility index (Phi) is 11.0. The summed E-state index contributed by atoms with van der Waals surface area (Å²) in [5.41, 5.74) is 2.09. The average molecular weight is 532 g/mol. The van der Waals surface area contributed by atoms with E-state index in [0.717, 1.165) is 21.7 Å². The first-order chi connectivity index (χ1) is 17.4. The van der Waals surface area contributed by atoms with Crippen molar-refractivity contribution in [2.45, 2.75) is 59.5 Å². The van der Waals surface area contributed by atoms with Crippen molar-refractivity contribution in [2.24, 2.45) is 5.92 Å². The van der Waals surface area contributed by atoms with E-state index in [-0.39, 0.29) is 24.3 Å². The molecule has 0 saturated heterocycles. The molecule has 0 heterocycles. The summed E-state index contributed by atoms with van der Waals surface area (Å²) < 4.78 is 32.2. The predicted octanol–water partition coefficient (Wildman–Crippen LogP) is 4.16. The van der Waals surface area contributed by atoms with E-state index < -0.39 is 28.5 Å². The number of hydrogen-bond donors (Lipinski definition) is 1. The van der Waals surface area contributed by atoms with Crippen LogP contribution in [0.3, 0.4) is 0 Å². The molecule has 0 saturated carbocycles. The molecular weight excluding hydrogens is 490 g/mol. The summed E-state index contributed by atoms with van der Waals surface area (Å²) in [6, 6.07) is 13.7. The molecule has 0 aliphatic rings. The van der Waals surface area contributed by atoms with Crippen LogP contribution in [0.15, 0.2) is 48.5 Å². The maximum atomic E-state index is 13.8. The van der Waals surface area contributed by atoms with E-state index in [1.54, 1.807) is 31.4 Å². The highest BCUT2D eigenvalue weighted by molar-refractivity contribution is 7.92. The van der Waals surface area contributed by atoms with E-state index in [2.05, 4.69) is 5.32 Å². The van der Waals surface area contributed by atoms with Crippen molar-refractivity contribution in [3.05, 3.63) is 59.7 Å². The monoisotopic (exact) mass is 531 g/mol. The molecule has 9 heteroatoms. The van der Waals surface area contributed by atoms with E-state index in [4.69, 9.17) is 4.74 Å². The fraction of sp³-hybridized carbons (Fsp3) is 0.500. The summed E-state index contributed by atoms with van der Waals surface area (Å²) in [7, 11) is -2.21. The Labute approximate surface area is 222 Å². The van der Waals surface area contributed by atoms with Crippen molar-refractivity contribution < 1.29 is 22.7 Å². The number of nitrogens with zero attached hydrogens (tertiary/aromatic N) is 2. The van der Waals surface area contributed by atoms with Gasteiger partial charge in [-0.05, 0) is 47.6 Å². The van der Waals surface area contributed by atoms with Gasteiger partial charge in [-0.1, -0.05) is 65.0 Å². The maximum Gasteiger partial charge on any atom is 0.244 e. The maximum absolute atomic E-state index is 13.8. The molecule has 1 atom stereocenters. The van der Waals surface area contributed by atoms with Crippen LogP contribution in [0.1, 0.15) is 58.1 Å². The van der Waals surface area contributed by atoms with Crippen LogP contribution >= 0.6 is 0 Å². The van der Waals surface area contributed by atoms with Crippen molar-refractivity contribution >= 4 is 27.5 Å². The summed E-state index contributed by atoms with van der Waals surface area (Å²) >= 11 is 0. The number of nitrogens with one attached hydrogen (secondary N) is 1. The number of hydrogen-bond acceptors (Lipinski definition) is 5. The Bertz CT molecular complexity index is 1150. The van der Waals surface area contributed by atoms with Crippen LogP contribution in [0, 0.1) is 5.92 Å². The first-order valence-corrected chi connectivity index (χ1v) is 14.5. The summed E-state index contributed by atoms with van der Waals surface area (Å²) in [5, 5.41) is 2.93. The number of rotatable bonds is 13. The molecule has 0 aliphatic carbocycles. The lowest BCUT2D eigenvalue weighted by Crippen LogP contribution is -2.52. The normalized spacial score (nSPS) is 12.4. The quantitative estimate of drug-likeness (QED) is 0.419. The van der Waals surface area contributed by atoms with Gasteiger partial charge in [0.25, 0.3) is 0 Å². The third-order valence-corrected chi connectivity index (χ3v) is 7.22. The Balaban J connectivity index is 2.48. The molecule has 0 spiro atoms. The average Bonchev–Trinajstić information content (AvgIpc) is 2.85. The largest absolute Gasteiger partial charge is 0.497 e. The number of ether oxygens (including phenoxy) is 1. The molecule has 0 bridgehead atoms. The van der Waals surface area contributed by atoms with Gasteiger partial charge >= 0.3 is 0 Å². The Morgan fingerprint density at radius 1 is 1.00 bits per heavy atom. The highest BCUT2D eigenvalue weighted by Gasteiger charge is 2.32. The standard InChI is InChI=1S/C28H41N3O5S/c1-8-25(28(33)29-17-20(2)3)30(18-22-13-15-23(36-6)16-14-22)27(32)19-31(37(7,34)35)26-12-10-9-11-24(26)21(4)5/h9-16,20-21,25H,8,17-19H2,1-7H3,(H,29,33)/t25-/m0/s1. The highest BCUT2D eigenvalue weighted by Crippen LogP contribution is 2.29. The number of amides is 2. The van der Waals surface area contributed by atoms with Crippen LogP contribution in [-0.2, 0) is 26.2 Å². The molecule has 0 fully saturated rings. The van der Waals surface area contributed by atoms with Crippen LogP contribution in [0.4, 0.5) is 5.69 Å². The second-order valence-corrected chi connectivity index (χ2v) is 11.8. The third-order valence-electron chi connectivity index (χ3n) is 6.09. The predicted molar refractivity (Wildman–Crippen MR) is 148 cm³/mol. The lowest BCUT2D eigenvalue weighted by molar-refractivity contribution is -0.140. The van der Waals surface area contributed by atoms with Crippen LogP contribution in [-0.4, -0.2) is 57.6 Å². The van der Waals surface area contributed by atoms with Crippen molar-refractivity contribution in [2.75, 3.05) is 30.8 Å². The molecule has 1 N–H and O–H groups in total. The summed E-state index contributed by atoms with van der Waals surface area (Å²) in [6.45, 7) is 10.0. The zero-order valence-electron chi connectivity index (χ0n) is 23.0. The zero-order chi connectivity index (χ0) is 27.8. The summed E-state index contributed by atoms with van der Waals surface area (Å²) in [6.07, 6.45) is 1.48. The number of carbonyl (C=O) groups excluding carboxylic acids is 2. The lowest BCUT2D eigenvalue weighted by atomic mass is 10.0. The van der Waals surface area contributed by atoms with Gasteiger partial charge in [0.05, 0.1) is 19.1 Å². The Morgan fingerprint density at radius 2 is 1.62 bits per heavy atom. The van der Waals surface area contributed by atoms with Crippen LogP contribution in [0.2, 0.25) is 0 Å². The molecular formula is C28H41N3O5S. The molecule has 0 radical (unpaired) electrons. The van der Waals surface area contributed by atoms with E-state index in [1.165, 1.54) is 4.90 Å². The van der Waals surface area contributed by atoms with Crippen LogP contribution < -0.4 is 14.4 Å². The Hall–Kier alpha value is -3.07. The summed E-state index contributed by atoms with van der Waals surface area (Å²) in [5.74, 6) is 0.270. The topological polar surface area (TPSA) is 96.0 Å². The molecule has 0 unspecified atom stereocenters. The van der Waals surface area contributed by atoms with Gasteiger partial charge in [0, 0.05) is 13.1 Å². The zero-order valence-corrected chi connectivity index (χ0v) is 23.8. The fourth-order valence-corrected chi connectivity index (χ4v) is 4.94. The van der Waals surface area contributed by atoms with Gasteiger partial charge in [0.1, 0.15) is 18.3 Å². The second-order valence-electron chi connectivity index (χ2n) is 9.92. The number of benzene rings is 2. The Morgan fingerprint density at radius 3 is 2.14 bits per heavy atom. The van der Waals surface area contributed by atoms with Gasteiger partial charge in [-0.25, -0.2) is 8.42 Å². The molecule has 37 heavy (non-hydrogen) atoms. The number of carbonyl (C=O) groups is 2. The molecule has 0 aromatic heterocycles. The van der Waals surface area contributed by atoms with E-state index in [1.807, 2.05) is 58.9 Å². The minimum absolute atomic E-state index is 0.0520. The van der Waals surface area contributed by atoms with Crippen LogP contribution in [0.25, 0.3) is 0 Å².